The Morgan fingerprint density at radius 3 is 2.33 bits per heavy atom. The van der Waals surface area contributed by atoms with Gasteiger partial charge in [-0.15, -0.1) is 0 Å². The molecule has 0 spiro atoms. The normalized spacial score (nSPS) is 14.9. The topological polar surface area (TPSA) is 88.4 Å². The summed E-state index contributed by atoms with van der Waals surface area (Å²) in [6.07, 6.45) is 1.84. The molecule has 1 amide bonds. The number of ether oxygens (including phenoxy) is 2. The van der Waals surface area contributed by atoms with Gasteiger partial charge in [-0.2, -0.15) is 0 Å². The van der Waals surface area contributed by atoms with Crippen LogP contribution in [0, 0.1) is 7.14 Å². The second kappa shape index (κ2) is 14.4. The molecule has 4 aromatic rings. The zero-order valence-corrected chi connectivity index (χ0v) is 28.1. The Labute approximate surface area is 281 Å². The van der Waals surface area contributed by atoms with Gasteiger partial charge in [-0.3, -0.25) is 9.69 Å². The molecular formula is C33H26I2N2O5S. The first-order valence-corrected chi connectivity index (χ1v) is 16.3. The number of thioether (sulfide) groups is 1. The number of carboxylic acid groups (broad SMARTS) is 1. The summed E-state index contributed by atoms with van der Waals surface area (Å²) in [6, 6.07) is 28.0. The molecule has 0 saturated carbocycles. The fraction of sp³-hybridized carbons (Fsp3) is 0.121. The SMILES string of the molecule is CCOc1cc(/C=C2\SC(=Nc3ccccc3)N(Cc3ccc(C(=O)O)cc3)C2=O)cc(I)c1OCc1ccc(I)cc1. The molecule has 0 atom stereocenters. The van der Waals surface area contributed by atoms with Crippen molar-refractivity contribution in [3.8, 4) is 11.5 Å². The first kappa shape index (κ1) is 31.1. The average molecular weight is 816 g/mol. The van der Waals surface area contributed by atoms with Gasteiger partial charge < -0.3 is 14.6 Å². The number of amidine groups is 1. The van der Waals surface area contributed by atoms with Gasteiger partial charge in [0.1, 0.15) is 6.61 Å². The van der Waals surface area contributed by atoms with Gasteiger partial charge in [0.05, 0.1) is 32.9 Å². The molecule has 5 rings (SSSR count). The lowest BCUT2D eigenvalue weighted by Gasteiger charge is -2.16. The van der Waals surface area contributed by atoms with Crippen LogP contribution in [0.15, 0.2) is 101 Å². The van der Waals surface area contributed by atoms with Crippen LogP contribution in [0.4, 0.5) is 5.69 Å². The number of amides is 1. The molecule has 43 heavy (non-hydrogen) atoms. The summed E-state index contributed by atoms with van der Waals surface area (Å²) in [6.45, 7) is 3.04. The maximum atomic E-state index is 13.7. The lowest BCUT2D eigenvalue weighted by Crippen LogP contribution is -2.28. The Balaban J connectivity index is 1.44. The predicted octanol–water partition coefficient (Wildman–Crippen LogP) is 8.38. The Hall–Kier alpha value is -3.36. The Morgan fingerprint density at radius 1 is 0.953 bits per heavy atom. The Bertz CT molecular complexity index is 1690. The van der Waals surface area contributed by atoms with E-state index < -0.39 is 5.97 Å². The first-order chi connectivity index (χ1) is 20.8. The molecule has 10 heteroatoms. The van der Waals surface area contributed by atoms with Gasteiger partial charge in [0.2, 0.25) is 0 Å². The van der Waals surface area contributed by atoms with Crippen LogP contribution in [0.1, 0.15) is 34.0 Å². The molecule has 1 N–H and O–H groups in total. The van der Waals surface area contributed by atoms with Crippen LogP contribution in [0.25, 0.3) is 6.08 Å². The molecule has 0 aliphatic carbocycles. The molecule has 7 nitrogen and oxygen atoms in total. The van der Waals surface area contributed by atoms with Crippen LogP contribution in [0.3, 0.4) is 0 Å². The first-order valence-electron chi connectivity index (χ1n) is 13.3. The van der Waals surface area contributed by atoms with Crippen LogP contribution < -0.4 is 9.47 Å². The van der Waals surface area contributed by atoms with Crippen molar-refractivity contribution >= 4 is 85.8 Å². The maximum Gasteiger partial charge on any atom is 0.335 e. The van der Waals surface area contributed by atoms with Gasteiger partial charge in [-0.1, -0.05) is 42.5 Å². The number of nitrogens with zero attached hydrogens (tertiary/aromatic N) is 2. The highest BCUT2D eigenvalue weighted by atomic mass is 127. The average Bonchev–Trinajstić information content (AvgIpc) is 3.27. The van der Waals surface area contributed by atoms with Gasteiger partial charge in [-0.05, 0) is 135 Å². The molecule has 1 aliphatic rings. The van der Waals surface area contributed by atoms with Crippen molar-refractivity contribution in [3.63, 3.8) is 0 Å². The molecule has 0 aromatic heterocycles. The number of hydrogen-bond acceptors (Lipinski definition) is 6. The van der Waals surface area contributed by atoms with Crippen molar-refractivity contribution in [2.75, 3.05) is 6.61 Å². The van der Waals surface area contributed by atoms with Gasteiger partial charge in [0.25, 0.3) is 5.91 Å². The number of carbonyl (C=O) groups excluding carboxylic acids is 1. The Morgan fingerprint density at radius 2 is 1.65 bits per heavy atom. The zero-order chi connectivity index (χ0) is 30.3. The number of halogens is 2. The van der Waals surface area contributed by atoms with Gasteiger partial charge in [0.15, 0.2) is 16.7 Å². The molecule has 1 saturated heterocycles. The second-order valence-electron chi connectivity index (χ2n) is 9.41. The van der Waals surface area contributed by atoms with Crippen molar-refractivity contribution in [1.82, 2.24) is 4.90 Å². The van der Waals surface area contributed by atoms with Crippen molar-refractivity contribution < 1.29 is 24.2 Å². The van der Waals surface area contributed by atoms with E-state index >= 15 is 0 Å². The summed E-state index contributed by atoms with van der Waals surface area (Å²) in [7, 11) is 0. The lowest BCUT2D eigenvalue weighted by molar-refractivity contribution is -0.122. The number of hydrogen-bond donors (Lipinski definition) is 1. The van der Waals surface area contributed by atoms with Crippen LogP contribution >= 0.6 is 56.9 Å². The van der Waals surface area contributed by atoms with E-state index in [1.54, 1.807) is 17.0 Å². The third-order valence-corrected chi connectivity index (χ3v) is 8.86. The van der Waals surface area contributed by atoms with Crippen molar-refractivity contribution in [2.24, 2.45) is 4.99 Å². The summed E-state index contributed by atoms with van der Waals surface area (Å²) in [4.78, 5) is 31.9. The number of carboxylic acids is 1. The van der Waals surface area contributed by atoms with E-state index in [1.165, 1.54) is 23.9 Å². The number of benzene rings is 4. The summed E-state index contributed by atoms with van der Waals surface area (Å²) in [5.41, 5.74) is 3.57. The number of carbonyl (C=O) groups is 2. The molecule has 1 heterocycles. The molecule has 1 aliphatic heterocycles. The Kier molecular flexibility index (Phi) is 10.4. The molecular weight excluding hydrogens is 790 g/mol. The largest absolute Gasteiger partial charge is 0.490 e. The van der Waals surface area contributed by atoms with E-state index in [-0.39, 0.29) is 18.0 Å². The fourth-order valence-electron chi connectivity index (χ4n) is 4.24. The van der Waals surface area contributed by atoms with Gasteiger partial charge in [-0.25, -0.2) is 9.79 Å². The molecule has 218 valence electrons. The highest BCUT2D eigenvalue weighted by Gasteiger charge is 2.33. The van der Waals surface area contributed by atoms with Crippen LogP contribution in [-0.2, 0) is 17.9 Å². The molecule has 0 unspecified atom stereocenters. The monoisotopic (exact) mass is 816 g/mol. The van der Waals surface area contributed by atoms with E-state index in [2.05, 4.69) is 45.2 Å². The molecule has 4 aromatic carbocycles. The van der Waals surface area contributed by atoms with E-state index in [1.807, 2.05) is 79.7 Å². The third-order valence-electron chi connectivity index (χ3n) is 6.34. The summed E-state index contributed by atoms with van der Waals surface area (Å²) in [5, 5.41) is 9.80. The smallest absolute Gasteiger partial charge is 0.335 e. The summed E-state index contributed by atoms with van der Waals surface area (Å²) < 4.78 is 14.2. The summed E-state index contributed by atoms with van der Waals surface area (Å²) in [5.74, 6) is 0.0827. The number of para-hydroxylation sites is 1. The highest BCUT2D eigenvalue weighted by Crippen LogP contribution is 2.39. The minimum atomic E-state index is -0.997. The minimum Gasteiger partial charge on any atom is -0.490 e. The third kappa shape index (κ3) is 7.98. The van der Waals surface area contributed by atoms with Gasteiger partial charge in [0, 0.05) is 3.57 Å². The lowest BCUT2D eigenvalue weighted by atomic mass is 10.1. The van der Waals surface area contributed by atoms with Crippen LogP contribution in [-0.4, -0.2) is 33.7 Å². The molecule has 0 radical (unpaired) electrons. The highest BCUT2D eigenvalue weighted by molar-refractivity contribution is 14.1. The van der Waals surface area contributed by atoms with Crippen molar-refractivity contribution in [1.29, 1.82) is 0 Å². The van der Waals surface area contributed by atoms with Gasteiger partial charge >= 0.3 is 5.97 Å². The fourth-order valence-corrected chi connectivity index (χ4v) is 6.38. The van der Waals surface area contributed by atoms with E-state index in [0.29, 0.717) is 34.8 Å². The van der Waals surface area contributed by atoms with E-state index in [0.717, 1.165) is 29.5 Å². The zero-order valence-electron chi connectivity index (χ0n) is 23.0. The minimum absolute atomic E-state index is 0.186. The summed E-state index contributed by atoms with van der Waals surface area (Å²) >= 11 is 5.81. The quantitative estimate of drug-likeness (QED) is 0.128. The second-order valence-corrected chi connectivity index (χ2v) is 12.8. The van der Waals surface area contributed by atoms with E-state index in [9.17, 15) is 14.7 Å². The number of aliphatic imine (C=N–C) groups is 1. The van der Waals surface area contributed by atoms with Crippen LogP contribution in [0.5, 0.6) is 11.5 Å². The number of aromatic carboxylic acids is 1. The van der Waals surface area contributed by atoms with Crippen molar-refractivity contribution in [3.05, 3.63) is 125 Å². The van der Waals surface area contributed by atoms with E-state index in [4.69, 9.17) is 14.5 Å². The standard InChI is InChI=1S/C33H26I2N2O5S/c1-2-41-28-17-23(16-27(35)30(28)42-20-22-10-14-25(34)15-11-22)18-29-31(38)37(19-21-8-12-24(13-9-21)32(39)40)33(43-29)36-26-6-4-3-5-7-26/h3-18H,2,19-20H2,1H3,(H,39,40)/b29-18-,36-33?. The predicted molar refractivity (Wildman–Crippen MR) is 187 cm³/mol. The van der Waals surface area contributed by atoms with Crippen molar-refractivity contribution in [2.45, 2.75) is 20.1 Å². The maximum absolute atomic E-state index is 13.7. The number of rotatable bonds is 10. The molecule has 0 bridgehead atoms. The molecule has 1 fully saturated rings. The van der Waals surface area contributed by atoms with Crippen LogP contribution in [0.2, 0.25) is 0 Å².